The highest BCUT2D eigenvalue weighted by atomic mass is 32.2. The number of benzene rings is 2. The predicted octanol–water partition coefficient (Wildman–Crippen LogP) is 3.68. The van der Waals surface area contributed by atoms with Crippen LogP contribution in [0.4, 0.5) is 11.4 Å². The summed E-state index contributed by atoms with van der Waals surface area (Å²) < 4.78 is 37.3. The molecule has 0 fully saturated rings. The molecule has 0 saturated carbocycles. The summed E-state index contributed by atoms with van der Waals surface area (Å²) in [6, 6.07) is 8.00. The molecule has 0 aromatic heterocycles. The van der Waals surface area contributed by atoms with E-state index < -0.39 is 26.5 Å². The van der Waals surface area contributed by atoms with Crippen molar-refractivity contribution in [3.63, 3.8) is 0 Å². The van der Waals surface area contributed by atoms with Gasteiger partial charge in [-0.05, 0) is 37.1 Å². The fourth-order valence-electron chi connectivity index (χ4n) is 3.11. The van der Waals surface area contributed by atoms with Crippen molar-refractivity contribution in [2.45, 2.75) is 31.6 Å². The molecule has 0 unspecified atom stereocenters. The number of rotatable bonds is 11. The van der Waals surface area contributed by atoms with Crippen molar-refractivity contribution in [1.29, 1.82) is 0 Å². The highest BCUT2D eigenvalue weighted by Gasteiger charge is 2.26. The van der Waals surface area contributed by atoms with E-state index in [0.29, 0.717) is 25.9 Å². The zero-order chi connectivity index (χ0) is 23.9. The summed E-state index contributed by atoms with van der Waals surface area (Å²) in [5, 5.41) is 14.0. The quantitative estimate of drug-likeness (QED) is 0.396. The zero-order valence-electron chi connectivity index (χ0n) is 18.5. The SMILES string of the molecule is CCCN(CCC)S(=O)(=O)c1ccc(NC(=O)c2cc(OC)c(OC)cc2[N+](=O)[O-])cc1. The first-order valence-corrected chi connectivity index (χ1v) is 11.5. The number of anilines is 1. The Kier molecular flexibility index (Phi) is 8.56. The van der Waals surface area contributed by atoms with Gasteiger partial charge in [0.15, 0.2) is 11.5 Å². The van der Waals surface area contributed by atoms with Gasteiger partial charge in [-0.15, -0.1) is 0 Å². The Labute approximate surface area is 187 Å². The van der Waals surface area contributed by atoms with E-state index in [4.69, 9.17) is 9.47 Å². The summed E-state index contributed by atoms with van der Waals surface area (Å²) in [6.45, 7) is 4.64. The van der Waals surface area contributed by atoms with Gasteiger partial charge < -0.3 is 14.8 Å². The van der Waals surface area contributed by atoms with Gasteiger partial charge in [-0.2, -0.15) is 4.31 Å². The second-order valence-electron chi connectivity index (χ2n) is 6.86. The minimum atomic E-state index is -3.66. The molecule has 0 bridgehead atoms. The number of hydrogen-bond acceptors (Lipinski definition) is 7. The van der Waals surface area contributed by atoms with E-state index in [0.717, 1.165) is 6.07 Å². The van der Waals surface area contributed by atoms with Gasteiger partial charge in [0.25, 0.3) is 11.6 Å². The fraction of sp³-hybridized carbons (Fsp3) is 0.381. The number of nitro benzene ring substituents is 1. The topological polar surface area (TPSA) is 128 Å². The average molecular weight is 466 g/mol. The molecule has 0 spiro atoms. The molecule has 32 heavy (non-hydrogen) atoms. The number of nitrogens with one attached hydrogen (secondary N) is 1. The Hall–Kier alpha value is -3.18. The molecule has 2 rings (SSSR count). The summed E-state index contributed by atoms with van der Waals surface area (Å²) in [5.41, 5.74) is -0.383. The largest absolute Gasteiger partial charge is 0.493 e. The molecular weight excluding hydrogens is 438 g/mol. The van der Waals surface area contributed by atoms with Crippen LogP contribution in [-0.4, -0.2) is 50.9 Å². The first-order valence-electron chi connectivity index (χ1n) is 10.0. The number of carbonyl (C=O) groups excluding carboxylic acids is 1. The highest BCUT2D eigenvalue weighted by molar-refractivity contribution is 7.89. The molecule has 10 nitrogen and oxygen atoms in total. The summed E-state index contributed by atoms with van der Waals surface area (Å²) in [7, 11) is -0.972. The molecule has 0 aliphatic rings. The van der Waals surface area contributed by atoms with Gasteiger partial charge in [0.1, 0.15) is 5.56 Å². The molecule has 11 heteroatoms. The van der Waals surface area contributed by atoms with Crippen LogP contribution in [0.15, 0.2) is 41.3 Å². The number of carbonyl (C=O) groups is 1. The number of nitrogens with zero attached hydrogens (tertiary/aromatic N) is 2. The van der Waals surface area contributed by atoms with E-state index in [1.807, 2.05) is 13.8 Å². The molecule has 174 valence electrons. The summed E-state index contributed by atoms with van der Waals surface area (Å²) in [6.07, 6.45) is 1.38. The maximum absolute atomic E-state index is 12.9. The Balaban J connectivity index is 2.31. The number of methoxy groups -OCH3 is 2. The first-order chi connectivity index (χ1) is 15.2. The van der Waals surface area contributed by atoms with Crippen molar-refractivity contribution >= 4 is 27.3 Å². The molecule has 2 aromatic rings. The number of nitro groups is 1. The van der Waals surface area contributed by atoms with E-state index in [-0.39, 0.29) is 27.6 Å². The smallest absolute Gasteiger partial charge is 0.286 e. The Bertz CT molecular complexity index is 1060. The van der Waals surface area contributed by atoms with Crippen LogP contribution in [0.25, 0.3) is 0 Å². The van der Waals surface area contributed by atoms with E-state index >= 15 is 0 Å². The first kappa shape index (κ1) is 25.1. The number of ether oxygens (including phenoxy) is 2. The van der Waals surface area contributed by atoms with Gasteiger partial charge >= 0.3 is 0 Å². The van der Waals surface area contributed by atoms with E-state index in [1.54, 1.807) is 0 Å². The van der Waals surface area contributed by atoms with Gasteiger partial charge in [-0.1, -0.05) is 13.8 Å². The average Bonchev–Trinajstić information content (AvgIpc) is 2.78. The Morgan fingerprint density at radius 2 is 1.56 bits per heavy atom. The van der Waals surface area contributed by atoms with E-state index in [2.05, 4.69) is 5.32 Å². The van der Waals surface area contributed by atoms with Crippen molar-refractivity contribution in [1.82, 2.24) is 4.31 Å². The highest BCUT2D eigenvalue weighted by Crippen LogP contribution is 2.35. The summed E-state index contributed by atoms with van der Waals surface area (Å²) in [5.74, 6) is -0.461. The lowest BCUT2D eigenvalue weighted by Gasteiger charge is -2.21. The minimum Gasteiger partial charge on any atom is -0.493 e. The fourth-order valence-corrected chi connectivity index (χ4v) is 4.73. The lowest BCUT2D eigenvalue weighted by Crippen LogP contribution is -2.32. The van der Waals surface area contributed by atoms with Crippen LogP contribution < -0.4 is 14.8 Å². The van der Waals surface area contributed by atoms with Gasteiger partial charge in [0.2, 0.25) is 10.0 Å². The van der Waals surface area contributed by atoms with Crippen molar-refractivity contribution in [3.8, 4) is 11.5 Å². The molecule has 0 heterocycles. The predicted molar refractivity (Wildman–Crippen MR) is 120 cm³/mol. The molecule has 0 aliphatic carbocycles. The molecule has 0 radical (unpaired) electrons. The minimum absolute atomic E-state index is 0.106. The Morgan fingerprint density at radius 1 is 1.03 bits per heavy atom. The van der Waals surface area contributed by atoms with Crippen molar-refractivity contribution < 1.29 is 27.6 Å². The second kappa shape index (κ2) is 10.9. The lowest BCUT2D eigenvalue weighted by atomic mass is 10.1. The lowest BCUT2D eigenvalue weighted by molar-refractivity contribution is -0.385. The van der Waals surface area contributed by atoms with Crippen LogP contribution in [0.2, 0.25) is 0 Å². The van der Waals surface area contributed by atoms with Crippen LogP contribution in [0.1, 0.15) is 37.0 Å². The van der Waals surface area contributed by atoms with Crippen LogP contribution in [0.5, 0.6) is 11.5 Å². The van der Waals surface area contributed by atoms with E-state index in [9.17, 15) is 23.3 Å². The Morgan fingerprint density at radius 3 is 2.03 bits per heavy atom. The van der Waals surface area contributed by atoms with Gasteiger partial charge in [-0.3, -0.25) is 14.9 Å². The zero-order valence-corrected chi connectivity index (χ0v) is 19.3. The molecule has 2 aromatic carbocycles. The van der Waals surface area contributed by atoms with Crippen LogP contribution in [0.3, 0.4) is 0 Å². The number of hydrogen-bond donors (Lipinski definition) is 1. The molecule has 0 aliphatic heterocycles. The molecule has 1 N–H and O–H groups in total. The van der Waals surface area contributed by atoms with Crippen molar-refractivity contribution in [2.24, 2.45) is 0 Å². The maximum Gasteiger partial charge on any atom is 0.286 e. The molecule has 1 amide bonds. The third-order valence-electron chi connectivity index (χ3n) is 4.64. The molecule has 0 saturated heterocycles. The van der Waals surface area contributed by atoms with Crippen LogP contribution >= 0.6 is 0 Å². The normalized spacial score (nSPS) is 11.3. The molecular formula is C21H27N3O7S. The van der Waals surface area contributed by atoms with Crippen molar-refractivity contribution in [3.05, 3.63) is 52.1 Å². The number of amides is 1. The number of sulfonamides is 1. The van der Waals surface area contributed by atoms with Gasteiger partial charge in [0.05, 0.1) is 30.1 Å². The molecule has 0 atom stereocenters. The van der Waals surface area contributed by atoms with Crippen LogP contribution in [-0.2, 0) is 10.0 Å². The van der Waals surface area contributed by atoms with Crippen LogP contribution in [0, 0.1) is 10.1 Å². The monoisotopic (exact) mass is 465 g/mol. The maximum atomic E-state index is 12.9. The third kappa shape index (κ3) is 5.54. The van der Waals surface area contributed by atoms with Gasteiger partial charge in [-0.25, -0.2) is 8.42 Å². The van der Waals surface area contributed by atoms with Gasteiger partial charge in [0, 0.05) is 24.8 Å². The third-order valence-corrected chi connectivity index (χ3v) is 6.55. The van der Waals surface area contributed by atoms with Crippen molar-refractivity contribution in [2.75, 3.05) is 32.6 Å². The van der Waals surface area contributed by atoms with E-state index in [1.165, 1.54) is 48.9 Å². The summed E-state index contributed by atoms with van der Waals surface area (Å²) >= 11 is 0. The second-order valence-corrected chi connectivity index (χ2v) is 8.80. The standard InChI is InChI=1S/C21H27N3O7S/c1-5-11-23(12-6-2)32(28,29)16-9-7-15(8-10-16)22-21(25)17-13-19(30-3)20(31-4)14-18(17)24(26)27/h7-10,13-14H,5-6,11-12H2,1-4H3,(H,22,25). The summed E-state index contributed by atoms with van der Waals surface area (Å²) in [4.78, 5) is 23.6.